The Bertz CT molecular complexity index is 530. The van der Waals surface area contributed by atoms with Gasteiger partial charge in [0.25, 0.3) is 0 Å². The Labute approximate surface area is 117 Å². The van der Waals surface area contributed by atoms with Crippen molar-refractivity contribution in [3.63, 3.8) is 0 Å². The summed E-state index contributed by atoms with van der Waals surface area (Å²) in [6.07, 6.45) is 5.42. The molecule has 0 spiro atoms. The van der Waals surface area contributed by atoms with Gasteiger partial charge in [-0.1, -0.05) is 13.3 Å². The van der Waals surface area contributed by atoms with Crippen molar-refractivity contribution in [2.24, 2.45) is 5.92 Å². The summed E-state index contributed by atoms with van der Waals surface area (Å²) in [5.41, 5.74) is -0.787. The molecule has 1 aromatic heterocycles. The van der Waals surface area contributed by atoms with E-state index in [1.807, 2.05) is 6.07 Å². The van der Waals surface area contributed by atoms with E-state index in [9.17, 15) is 9.90 Å². The first kappa shape index (κ1) is 14.3. The van der Waals surface area contributed by atoms with Crippen molar-refractivity contribution in [3.05, 3.63) is 18.0 Å². The molecule has 0 radical (unpaired) electrons. The molecule has 6 heteroatoms. The molecule has 1 saturated carbocycles. The lowest BCUT2D eigenvalue weighted by Gasteiger charge is -2.37. The number of carbonyl (C=O) groups is 1. The number of hydrogen-bond donors (Lipinski definition) is 2. The van der Waals surface area contributed by atoms with Gasteiger partial charge in [-0.25, -0.2) is 14.8 Å². The number of aliphatic carboxylic acids is 1. The predicted octanol–water partition coefficient (Wildman–Crippen LogP) is 2.18. The molecular formula is C14H18N4O2. The van der Waals surface area contributed by atoms with E-state index in [-0.39, 0.29) is 11.6 Å². The Hall–Kier alpha value is -2.16. The number of nitriles is 1. The SMILES string of the molecule is CCC1CCC(Nc2nccc(C#N)n2)(C(=O)O)CC1. The number of anilines is 1. The second-order valence-corrected chi connectivity index (χ2v) is 5.24. The zero-order chi connectivity index (χ0) is 14.6. The molecule has 0 amide bonds. The number of nitrogens with one attached hydrogen (secondary N) is 1. The highest BCUT2D eigenvalue weighted by atomic mass is 16.4. The third-order valence-corrected chi connectivity index (χ3v) is 4.07. The van der Waals surface area contributed by atoms with Crippen LogP contribution in [0.5, 0.6) is 0 Å². The minimum atomic E-state index is -1.01. The third-order valence-electron chi connectivity index (χ3n) is 4.07. The number of nitrogens with zero attached hydrogens (tertiary/aromatic N) is 3. The molecule has 0 bridgehead atoms. The zero-order valence-corrected chi connectivity index (χ0v) is 11.5. The molecule has 2 rings (SSSR count). The van der Waals surface area contributed by atoms with Gasteiger partial charge in [-0.05, 0) is 37.7 Å². The van der Waals surface area contributed by atoms with Crippen molar-refractivity contribution in [2.75, 3.05) is 5.32 Å². The Balaban J connectivity index is 2.18. The average Bonchev–Trinajstić information content (AvgIpc) is 2.48. The number of hydrogen-bond acceptors (Lipinski definition) is 5. The molecule has 0 aromatic carbocycles. The van der Waals surface area contributed by atoms with Crippen LogP contribution < -0.4 is 5.32 Å². The first-order valence-electron chi connectivity index (χ1n) is 6.84. The Morgan fingerprint density at radius 2 is 2.30 bits per heavy atom. The predicted molar refractivity (Wildman–Crippen MR) is 73.0 cm³/mol. The van der Waals surface area contributed by atoms with Crippen molar-refractivity contribution in [1.29, 1.82) is 5.26 Å². The van der Waals surface area contributed by atoms with Crippen LogP contribution in [-0.4, -0.2) is 26.6 Å². The van der Waals surface area contributed by atoms with Crippen LogP contribution in [0, 0.1) is 17.2 Å². The first-order chi connectivity index (χ1) is 9.59. The highest BCUT2D eigenvalue weighted by Gasteiger charge is 2.42. The Morgan fingerprint density at radius 1 is 1.60 bits per heavy atom. The molecule has 1 aliphatic rings. The minimum Gasteiger partial charge on any atom is -0.480 e. The molecule has 1 fully saturated rings. The molecule has 2 N–H and O–H groups in total. The summed E-state index contributed by atoms with van der Waals surface area (Å²) in [5, 5.41) is 21.3. The van der Waals surface area contributed by atoms with Crippen LogP contribution >= 0.6 is 0 Å². The van der Waals surface area contributed by atoms with Crippen molar-refractivity contribution >= 4 is 11.9 Å². The summed E-state index contributed by atoms with van der Waals surface area (Å²) < 4.78 is 0. The van der Waals surface area contributed by atoms with Gasteiger partial charge >= 0.3 is 5.97 Å². The van der Waals surface area contributed by atoms with E-state index < -0.39 is 11.5 Å². The maximum absolute atomic E-state index is 11.6. The van der Waals surface area contributed by atoms with Gasteiger partial charge in [0.2, 0.25) is 5.95 Å². The van der Waals surface area contributed by atoms with E-state index in [0.29, 0.717) is 18.8 Å². The fourth-order valence-electron chi connectivity index (χ4n) is 2.67. The summed E-state index contributed by atoms with van der Waals surface area (Å²) in [4.78, 5) is 19.7. The molecule has 0 atom stereocenters. The standard InChI is InChI=1S/C14H18N4O2/c1-2-10-3-6-14(7-4-10,12(19)20)18-13-16-8-5-11(9-15)17-13/h5,8,10H,2-4,6-7H2,1H3,(H,19,20)(H,16,17,18). The lowest BCUT2D eigenvalue weighted by atomic mass is 9.75. The summed E-state index contributed by atoms with van der Waals surface area (Å²) in [7, 11) is 0. The van der Waals surface area contributed by atoms with Crippen molar-refractivity contribution < 1.29 is 9.90 Å². The molecule has 20 heavy (non-hydrogen) atoms. The second kappa shape index (κ2) is 5.87. The van der Waals surface area contributed by atoms with Gasteiger partial charge in [0.15, 0.2) is 0 Å². The van der Waals surface area contributed by atoms with E-state index in [0.717, 1.165) is 19.3 Å². The Morgan fingerprint density at radius 3 is 2.85 bits per heavy atom. The quantitative estimate of drug-likeness (QED) is 0.873. The van der Waals surface area contributed by atoms with Gasteiger partial charge in [-0.2, -0.15) is 5.26 Å². The van der Waals surface area contributed by atoms with Crippen LogP contribution in [-0.2, 0) is 4.79 Å². The summed E-state index contributed by atoms with van der Waals surface area (Å²) in [6.45, 7) is 2.13. The van der Waals surface area contributed by atoms with Crippen LogP contribution in [0.3, 0.4) is 0 Å². The van der Waals surface area contributed by atoms with E-state index in [2.05, 4.69) is 22.2 Å². The fraction of sp³-hybridized carbons (Fsp3) is 0.571. The largest absolute Gasteiger partial charge is 0.480 e. The smallest absolute Gasteiger partial charge is 0.329 e. The number of carboxylic acid groups (broad SMARTS) is 1. The van der Waals surface area contributed by atoms with Crippen LogP contribution in [0.15, 0.2) is 12.3 Å². The van der Waals surface area contributed by atoms with E-state index in [1.54, 1.807) is 0 Å². The highest BCUT2D eigenvalue weighted by Crippen LogP contribution is 2.35. The molecule has 0 aliphatic heterocycles. The van der Waals surface area contributed by atoms with Crippen molar-refractivity contribution in [1.82, 2.24) is 9.97 Å². The average molecular weight is 274 g/mol. The second-order valence-electron chi connectivity index (χ2n) is 5.24. The molecule has 1 aromatic rings. The third kappa shape index (κ3) is 2.87. The number of carboxylic acids is 1. The molecule has 1 heterocycles. The summed E-state index contributed by atoms with van der Waals surface area (Å²) in [5.74, 6) is -0.0740. The lowest BCUT2D eigenvalue weighted by molar-refractivity contribution is -0.143. The molecule has 1 aliphatic carbocycles. The summed E-state index contributed by atoms with van der Waals surface area (Å²) in [6, 6.07) is 3.42. The van der Waals surface area contributed by atoms with Gasteiger partial charge in [-0.3, -0.25) is 0 Å². The number of rotatable bonds is 4. The lowest BCUT2D eigenvalue weighted by Crippen LogP contribution is -2.49. The first-order valence-corrected chi connectivity index (χ1v) is 6.84. The molecule has 0 unspecified atom stereocenters. The van der Waals surface area contributed by atoms with Crippen LogP contribution in [0.4, 0.5) is 5.95 Å². The maximum Gasteiger partial charge on any atom is 0.329 e. The topological polar surface area (TPSA) is 98.9 Å². The van der Waals surface area contributed by atoms with Crippen LogP contribution in [0.25, 0.3) is 0 Å². The molecule has 0 saturated heterocycles. The maximum atomic E-state index is 11.6. The molecular weight excluding hydrogens is 256 g/mol. The molecule has 106 valence electrons. The zero-order valence-electron chi connectivity index (χ0n) is 11.5. The van der Waals surface area contributed by atoms with Gasteiger partial charge in [0, 0.05) is 6.20 Å². The van der Waals surface area contributed by atoms with E-state index in [1.165, 1.54) is 12.3 Å². The van der Waals surface area contributed by atoms with Gasteiger partial charge in [0.05, 0.1) is 0 Å². The fourth-order valence-corrected chi connectivity index (χ4v) is 2.67. The number of aromatic nitrogens is 2. The van der Waals surface area contributed by atoms with Crippen molar-refractivity contribution in [2.45, 2.75) is 44.6 Å². The van der Waals surface area contributed by atoms with E-state index >= 15 is 0 Å². The van der Waals surface area contributed by atoms with Gasteiger partial charge in [0.1, 0.15) is 17.3 Å². The van der Waals surface area contributed by atoms with Crippen molar-refractivity contribution in [3.8, 4) is 6.07 Å². The van der Waals surface area contributed by atoms with Crippen LogP contribution in [0.1, 0.15) is 44.7 Å². The highest BCUT2D eigenvalue weighted by molar-refractivity contribution is 5.82. The van der Waals surface area contributed by atoms with Gasteiger partial charge < -0.3 is 10.4 Å². The molecule has 6 nitrogen and oxygen atoms in total. The summed E-state index contributed by atoms with van der Waals surface area (Å²) >= 11 is 0. The van der Waals surface area contributed by atoms with E-state index in [4.69, 9.17) is 5.26 Å². The minimum absolute atomic E-state index is 0.210. The monoisotopic (exact) mass is 274 g/mol. The van der Waals surface area contributed by atoms with Gasteiger partial charge in [-0.15, -0.1) is 0 Å². The van der Waals surface area contributed by atoms with Crippen LogP contribution in [0.2, 0.25) is 0 Å². The Kier molecular flexibility index (Phi) is 4.18. The normalized spacial score (nSPS) is 25.7.